The summed E-state index contributed by atoms with van der Waals surface area (Å²) in [5.74, 6) is 0.529. The topological polar surface area (TPSA) is 63.2 Å². The summed E-state index contributed by atoms with van der Waals surface area (Å²) in [6, 6.07) is 0.175. The maximum Gasteiger partial charge on any atom is 0.413 e. The van der Waals surface area contributed by atoms with Crippen LogP contribution >= 0.6 is 11.3 Å². The lowest BCUT2D eigenvalue weighted by atomic mass is 10.2. The van der Waals surface area contributed by atoms with Crippen LogP contribution in [-0.2, 0) is 4.74 Å². The van der Waals surface area contributed by atoms with E-state index in [2.05, 4.69) is 15.6 Å². The van der Waals surface area contributed by atoms with Gasteiger partial charge in [0.25, 0.3) is 0 Å². The fourth-order valence-corrected chi connectivity index (χ4v) is 1.89. The molecule has 96 valence electrons. The first-order valence-electron chi connectivity index (χ1n) is 5.44. The number of aromatic nitrogens is 1. The number of carbonyl (C=O) groups is 1. The SMILES string of the molecule is CNC(C)c1nc(NC(=O)OC(C)(C)C)cs1. The summed E-state index contributed by atoms with van der Waals surface area (Å²) in [5, 5.41) is 8.43. The summed E-state index contributed by atoms with van der Waals surface area (Å²) in [6.07, 6.45) is -0.480. The van der Waals surface area contributed by atoms with Gasteiger partial charge in [-0.3, -0.25) is 5.32 Å². The molecule has 0 aliphatic heterocycles. The maximum atomic E-state index is 11.5. The molecular weight excluding hydrogens is 238 g/mol. The summed E-state index contributed by atoms with van der Waals surface area (Å²) >= 11 is 1.50. The van der Waals surface area contributed by atoms with Gasteiger partial charge in [-0.2, -0.15) is 0 Å². The standard InChI is InChI=1S/C11H19N3O2S/c1-7(12-5)9-13-8(6-17-9)14-10(15)16-11(2,3)4/h6-7,12H,1-5H3,(H,14,15). The molecule has 2 N–H and O–H groups in total. The fraction of sp³-hybridized carbons (Fsp3) is 0.636. The molecule has 0 saturated heterocycles. The van der Waals surface area contributed by atoms with Crippen molar-refractivity contribution in [3.05, 3.63) is 10.4 Å². The Hall–Kier alpha value is -1.14. The second-order valence-corrected chi connectivity index (χ2v) is 5.60. The molecule has 5 nitrogen and oxygen atoms in total. The van der Waals surface area contributed by atoms with E-state index < -0.39 is 11.7 Å². The van der Waals surface area contributed by atoms with Crippen molar-refractivity contribution in [1.29, 1.82) is 0 Å². The van der Waals surface area contributed by atoms with Gasteiger partial charge >= 0.3 is 6.09 Å². The highest BCUT2D eigenvalue weighted by molar-refractivity contribution is 7.10. The van der Waals surface area contributed by atoms with Gasteiger partial charge in [-0.15, -0.1) is 11.3 Å². The monoisotopic (exact) mass is 257 g/mol. The molecule has 0 spiro atoms. The van der Waals surface area contributed by atoms with E-state index >= 15 is 0 Å². The van der Waals surface area contributed by atoms with Crippen molar-refractivity contribution in [2.45, 2.75) is 39.3 Å². The number of anilines is 1. The Morgan fingerprint density at radius 2 is 2.18 bits per heavy atom. The number of ether oxygens (including phenoxy) is 1. The van der Waals surface area contributed by atoms with E-state index in [1.807, 2.05) is 34.7 Å². The van der Waals surface area contributed by atoms with E-state index in [-0.39, 0.29) is 6.04 Å². The molecule has 0 aliphatic rings. The van der Waals surface area contributed by atoms with Crippen LogP contribution in [0.1, 0.15) is 38.7 Å². The zero-order chi connectivity index (χ0) is 13.1. The predicted molar refractivity (Wildman–Crippen MR) is 69.4 cm³/mol. The fourth-order valence-electron chi connectivity index (χ4n) is 1.08. The number of rotatable bonds is 3. The predicted octanol–water partition coefficient (Wildman–Crippen LogP) is 2.77. The summed E-state index contributed by atoms with van der Waals surface area (Å²) in [4.78, 5) is 15.8. The number of amides is 1. The van der Waals surface area contributed by atoms with Gasteiger partial charge in [-0.1, -0.05) is 0 Å². The van der Waals surface area contributed by atoms with E-state index in [4.69, 9.17) is 4.74 Å². The largest absolute Gasteiger partial charge is 0.444 e. The lowest BCUT2D eigenvalue weighted by Crippen LogP contribution is -2.27. The quantitative estimate of drug-likeness (QED) is 0.874. The van der Waals surface area contributed by atoms with E-state index in [1.165, 1.54) is 11.3 Å². The molecule has 0 saturated carbocycles. The normalized spacial score (nSPS) is 13.2. The van der Waals surface area contributed by atoms with Crippen LogP contribution < -0.4 is 10.6 Å². The van der Waals surface area contributed by atoms with Crippen molar-refractivity contribution in [1.82, 2.24) is 10.3 Å². The smallest absolute Gasteiger partial charge is 0.413 e. The Labute approximate surface area is 106 Å². The van der Waals surface area contributed by atoms with Crippen molar-refractivity contribution in [3.8, 4) is 0 Å². The highest BCUT2D eigenvalue weighted by Crippen LogP contribution is 2.20. The zero-order valence-corrected chi connectivity index (χ0v) is 11.6. The Morgan fingerprint density at radius 1 is 1.53 bits per heavy atom. The van der Waals surface area contributed by atoms with Crippen molar-refractivity contribution in [2.75, 3.05) is 12.4 Å². The number of nitrogens with one attached hydrogen (secondary N) is 2. The average molecular weight is 257 g/mol. The van der Waals surface area contributed by atoms with Gasteiger partial charge < -0.3 is 10.1 Å². The van der Waals surface area contributed by atoms with E-state index in [1.54, 1.807) is 5.38 Å². The van der Waals surface area contributed by atoms with Crippen LogP contribution in [0.25, 0.3) is 0 Å². The molecule has 17 heavy (non-hydrogen) atoms. The Balaban J connectivity index is 2.58. The highest BCUT2D eigenvalue weighted by atomic mass is 32.1. The van der Waals surface area contributed by atoms with Crippen LogP contribution in [-0.4, -0.2) is 23.7 Å². The van der Waals surface area contributed by atoms with Crippen molar-refractivity contribution in [3.63, 3.8) is 0 Å². The number of hydrogen-bond donors (Lipinski definition) is 2. The third kappa shape index (κ3) is 4.70. The Morgan fingerprint density at radius 3 is 2.71 bits per heavy atom. The molecule has 0 radical (unpaired) electrons. The number of hydrogen-bond acceptors (Lipinski definition) is 5. The maximum absolute atomic E-state index is 11.5. The van der Waals surface area contributed by atoms with Gasteiger partial charge in [0.2, 0.25) is 0 Å². The lowest BCUT2D eigenvalue weighted by molar-refractivity contribution is 0.0635. The van der Waals surface area contributed by atoms with Gasteiger partial charge in [-0.25, -0.2) is 9.78 Å². The second kappa shape index (κ2) is 5.46. The molecule has 1 aromatic heterocycles. The van der Waals surface area contributed by atoms with Crippen molar-refractivity contribution >= 4 is 23.2 Å². The van der Waals surface area contributed by atoms with Crippen molar-refractivity contribution < 1.29 is 9.53 Å². The minimum Gasteiger partial charge on any atom is -0.444 e. The first kappa shape index (κ1) is 13.9. The molecule has 6 heteroatoms. The molecule has 0 aromatic carbocycles. The van der Waals surface area contributed by atoms with Crippen LogP contribution in [0.15, 0.2) is 5.38 Å². The van der Waals surface area contributed by atoms with Gasteiger partial charge in [0, 0.05) is 5.38 Å². The molecule has 1 amide bonds. The Bertz CT molecular complexity index is 384. The van der Waals surface area contributed by atoms with Crippen molar-refractivity contribution in [2.24, 2.45) is 0 Å². The van der Waals surface area contributed by atoms with Crippen LogP contribution in [0, 0.1) is 0 Å². The second-order valence-electron chi connectivity index (χ2n) is 4.71. The number of carbonyl (C=O) groups excluding carboxylic acids is 1. The van der Waals surface area contributed by atoms with Gasteiger partial charge in [-0.05, 0) is 34.7 Å². The highest BCUT2D eigenvalue weighted by Gasteiger charge is 2.17. The Kier molecular flexibility index (Phi) is 4.47. The molecule has 1 heterocycles. The van der Waals surface area contributed by atoms with E-state index in [0.717, 1.165) is 5.01 Å². The number of nitrogens with zero attached hydrogens (tertiary/aromatic N) is 1. The summed E-state index contributed by atoms with van der Waals surface area (Å²) in [6.45, 7) is 7.47. The van der Waals surface area contributed by atoms with Gasteiger partial charge in [0.05, 0.1) is 6.04 Å². The summed E-state index contributed by atoms with van der Waals surface area (Å²) in [7, 11) is 1.87. The van der Waals surface area contributed by atoms with E-state index in [0.29, 0.717) is 5.82 Å². The molecular formula is C11H19N3O2S. The summed E-state index contributed by atoms with van der Waals surface area (Å²) < 4.78 is 5.14. The third-order valence-electron chi connectivity index (χ3n) is 1.95. The minimum atomic E-state index is -0.499. The molecule has 0 bridgehead atoms. The average Bonchev–Trinajstić information content (AvgIpc) is 2.62. The molecule has 1 rings (SSSR count). The number of thiazole rings is 1. The first-order valence-corrected chi connectivity index (χ1v) is 6.32. The zero-order valence-electron chi connectivity index (χ0n) is 10.8. The van der Waals surface area contributed by atoms with Crippen LogP contribution in [0.5, 0.6) is 0 Å². The minimum absolute atomic E-state index is 0.175. The van der Waals surface area contributed by atoms with Crippen LogP contribution in [0.4, 0.5) is 10.6 Å². The third-order valence-corrected chi connectivity index (χ3v) is 2.98. The molecule has 1 unspecified atom stereocenters. The molecule has 1 aromatic rings. The van der Waals surface area contributed by atoms with Gasteiger partial charge in [0.15, 0.2) is 0 Å². The molecule has 0 aliphatic carbocycles. The van der Waals surface area contributed by atoms with Crippen LogP contribution in [0.3, 0.4) is 0 Å². The molecule has 0 fully saturated rings. The van der Waals surface area contributed by atoms with Crippen LogP contribution in [0.2, 0.25) is 0 Å². The van der Waals surface area contributed by atoms with E-state index in [9.17, 15) is 4.79 Å². The summed E-state index contributed by atoms with van der Waals surface area (Å²) in [5.41, 5.74) is -0.499. The van der Waals surface area contributed by atoms with Gasteiger partial charge in [0.1, 0.15) is 16.4 Å². The lowest BCUT2D eigenvalue weighted by Gasteiger charge is -2.19. The molecule has 1 atom stereocenters. The first-order chi connectivity index (χ1) is 7.81.